The number of nitrogens with zero attached hydrogens (tertiary/aromatic N) is 2. The molecule has 2 fully saturated rings. The molecule has 1 aliphatic heterocycles. The zero-order valence-electron chi connectivity index (χ0n) is 18.0. The first-order chi connectivity index (χ1) is 14.6. The molecule has 5 heteroatoms. The van der Waals surface area contributed by atoms with Crippen molar-refractivity contribution < 1.29 is 9.59 Å². The van der Waals surface area contributed by atoms with Gasteiger partial charge in [-0.25, -0.2) is 4.79 Å². The van der Waals surface area contributed by atoms with Gasteiger partial charge >= 0.3 is 6.03 Å². The van der Waals surface area contributed by atoms with Gasteiger partial charge in [-0.05, 0) is 47.9 Å². The molecule has 160 valence electrons. The van der Waals surface area contributed by atoms with Crippen molar-refractivity contribution >= 4 is 22.7 Å². The maximum atomic E-state index is 12.7. The second-order valence-electron chi connectivity index (χ2n) is 8.82. The molecule has 2 aromatic rings. The van der Waals surface area contributed by atoms with Crippen molar-refractivity contribution in [2.75, 3.05) is 20.1 Å². The lowest BCUT2D eigenvalue weighted by molar-refractivity contribution is -0.130. The van der Waals surface area contributed by atoms with Gasteiger partial charge in [-0.3, -0.25) is 4.79 Å². The summed E-state index contributed by atoms with van der Waals surface area (Å²) in [7, 11) is 1.84. The van der Waals surface area contributed by atoms with Crippen molar-refractivity contribution in [3.8, 4) is 0 Å². The lowest BCUT2D eigenvalue weighted by atomic mass is 9.78. The van der Waals surface area contributed by atoms with Crippen LogP contribution >= 0.6 is 0 Å². The number of piperidine rings is 1. The van der Waals surface area contributed by atoms with E-state index in [2.05, 4.69) is 29.6 Å². The van der Waals surface area contributed by atoms with Crippen molar-refractivity contribution in [2.24, 2.45) is 5.92 Å². The minimum absolute atomic E-state index is 0.0103. The smallest absolute Gasteiger partial charge is 0.317 e. The van der Waals surface area contributed by atoms with Gasteiger partial charge in [0.15, 0.2) is 0 Å². The zero-order chi connectivity index (χ0) is 20.9. The summed E-state index contributed by atoms with van der Waals surface area (Å²) in [5.74, 6) is 0.726. The van der Waals surface area contributed by atoms with Gasteiger partial charge in [-0.1, -0.05) is 55.3 Å². The first kappa shape index (κ1) is 20.7. The third kappa shape index (κ3) is 4.61. The van der Waals surface area contributed by atoms with Gasteiger partial charge in [-0.2, -0.15) is 0 Å². The SMILES string of the molecule is CN(Cc1cccc2ccccc12)C(=O)CCNC(=O)N1CCCC2CCCCC21. The van der Waals surface area contributed by atoms with Crippen molar-refractivity contribution in [3.05, 3.63) is 48.0 Å². The number of rotatable bonds is 5. The molecule has 2 unspecified atom stereocenters. The molecule has 0 bridgehead atoms. The molecular weight excluding hydrogens is 374 g/mol. The number of nitrogens with one attached hydrogen (secondary N) is 1. The zero-order valence-corrected chi connectivity index (χ0v) is 18.0. The fourth-order valence-electron chi connectivity index (χ4n) is 5.22. The van der Waals surface area contributed by atoms with E-state index in [0.717, 1.165) is 24.9 Å². The van der Waals surface area contributed by atoms with Crippen LogP contribution in [0.3, 0.4) is 0 Å². The van der Waals surface area contributed by atoms with Gasteiger partial charge in [-0.15, -0.1) is 0 Å². The minimum atomic E-state index is 0.0103. The van der Waals surface area contributed by atoms with Gasteiger partial charge < -0.3 is 15.1 Å². The number of hydrogen-bond acceptors (Lipinski definition) is 2. The van der Waals surface area contributed by atoms with Gasteiger partial charge in [0.25, 0.3) is 0 Å². The highest BCUT2D eigenvalue weighted by Gasteiger charge is 2.35. The largest absolute Gasteiger partial charge is 0.341 e. The van der Waals surface area contributed by atoms with Crippen LogP contribution in [0.15, 0.2) is 42.5 Å². The molecule has 4 rings (SSSR count). The Kier molecular flexibility index (Phi) is 6.56. The first-order valence-electron chi connectivity index (χ1n) is 11.4. The number of fused-ring (bicyclic) bond motifs is 2. The summed E-state index contributed by atoms with van der Waals surface area (Å²) < 4.78 is 0. The van der Waals surface area contributed by atoms with Gasteiger partial charge in [0, 0.05) is 39.1 Å². The normalized spacial score (nSPS) is 21.2. The number of amides is 3. The van der Waals surface area contributed by atoms with Crippen LogP contribution in [0, 0.1) is 5.92 Å². The fraction of sp³-hybridized carbons (Fsp3) is 0.520. The molecule has 0 spiro atoms. The number of hydrogen-bond donors (Lipinski definition) is 1. The van der Waals surface area contributed by atoms with Crippen LogP contribution in [-0.4, -0.2) is 47.9 Å². The summed E-state index contributed by atoms with van der Waals surface area (Å²) in [6, 6.07) is 14.9. The van der Waals surface area contributed by atoms with Crippen molar-refractivity contribution in [1.82, 2.24) is 15.1 Å². The Bertz CT molecular complexity index is 890. The molecule has 30 heavy (non-hydrogen) atoms. The van der Waals surface area contributed by atoms with E-state index in [-0.39, 0.29) is 11.9 Å². The summed E-state index contributed by atoms with van der Waals surface area (Å²) in [6.45, 7) is 1.82. The topological polar surface area (TPSA) is 52.7 Å². The fourth-order valence-corrected chi connectivity index (χ4v) is 5.22. The van der Waals surface area contributed by atoms with Crippen molar-refractivity contribution in [2.45, 2.75) is 57.5 Å². The highest BCUT2D eigenvalue weighted by Crippen LogP contribution is 2.35. The lowest BCUT2D eigenvalue weighted by Gasteiger charge is -2.44. The van der Waals surface area contributed by atoms with Gasteiger partial charge in [0.1, 0.15) is 0 Å². The van der Waals surface area contributed by atoms with E-state index in [4.69, 9.17) is 0 Å². The van der Waals surface area contributed by atoms with E-state index in [1.807, 2.05) is 30.1 Å². The third-order valence-electron chi connectivity index (χ3n) is 6.83. The molecule has 3 amide bonds. The predicted molar refractivity (Wildman–Crippen MR) is 120 cm³/mol. The quantitative estimate of drug-likeness (QED) is 0.790. The molecule has 2 aliphatic rings. The summed E-state index contributed by atoms with van der Waals surface area (Å²) in [5, 5.41) is 5.37. The van der Waals surface area contributed by atoms with Crippen LogP contribution in [0.2, 0.25) is 0 Å². The van der Waals surface area contributed by atoms with E-state index in [1.165, 1.54) is 36.5 Å². The lowest BCUT2D eigenvalue weighted by Crippen LogP contribution is -2.53. The monoisotopic (exact) mass is 407 g/mol. The van der Waals surface area contributed by atoms with E-state index >= 15 is 0 Å². The third-order valence-corrected chi connectivity index (χ3v) is 6.83. The Morgan fingerprint density at radius 2 is 1.80 bits per heavy atom. The van der Waals surface area contributed by atoms with Crippen LogP contribution in [0.1, 0.15) is 50.5 Å². The van der Waals surface area contributed by atoms with Crippen LogP contribution in [0.25, 0.3) is 10.8 Å². The van der Waals surface area contributed by atoms with Gasteiger partial charge in [0.05, 0.1) is 0 Å². The van der Waals surface area contributed by atoms with E-state index in [0.29, 0.717) is 31.5 Å². The number of likely N-dealkylation sites (tertiary alicyclic amines) is 1. The number of carbonyl (C=O) groups excluding carboxylic acids is 2. The Morgan fingerprint density at radius 1 is 1.03 bits per heavy atom. The Balaban J connectivity index is 1.27. The van der Waals surface area contributed by atoms with E-state index in [9.17, 15) is 9.59 Å². The molecule has 0 aromatic heterocycles. The van der Waals surface area contributed by atoms with Gasteiger partial charge in [0.2, 0.25) is 5.91 Å². The molecule has 0 radical (unpaired) electrons. The maximum absolute atomic E-state index is 12.7. The molecule has 1 heterocycles. The molecule has 1 saturated heterocycles. The standard InChI is InChI=1S/C25H33N3O2/c1-27(18-21-11-6-10-19-8-2-4-13-22(19)21)24(29)15-16-26-25(30)28-17-7-12-20-9-3-5-14-23(20)28/h2,4,6,8,10-11,13,20,23H,3,5,7,9,12,14-18H2,1H3,(H,26,30). The maximum Gasteiger partial charge on any atom is 0.317 e. The summed E-state index contributed by atoms with van der Waals surface area (Å²) >= 11 is 0. The minimum Gasteiger partial charge on any atom is -0.341 e. The molecule has 1 N–H and O–H groups in total. The van der Waals surface area contributed by atoms with Crippen molar-refractivity contribution in [1.29, 1.82) is 0 Å². The van der Waals surface area contributed by atoms with Crippen LogP contribution in [0.4, 0.5) is 4.79 Å². The first-order valence-corrected chi connectivity index (χ1v) is 11.4. The number of carbonyl (C=O) groups is 2. The van der Waals surface area contributed by atoms with Crippen LogP contribution in [-0.2, 0) is 11.3 Å². The highest BCUT2D eigenvalue weighted by molar-refractivity contribution is 5.86. The molecule has 2 atom stereocenters. The second-order valence-corrected chi connectivity index (χ2v) is 8.82. The molecular formula is C25H33N3O2. The Morgan fingerprint density at radius 3 is 2.70 bits per heavy atom. The number of benzene rings is 2. The molecule has 1 saturated carbocycles. The number of urea groups is 1. The summed E-state index contributed by atoms with van der Waals surface area (Å²) in [4.78, 5) is 29.2. The summed E-state index contributed by atoms with van der Waals surface area (Å²) in [6.07, 6.45) is 7.59. The average Bonchev–Trinajstić information content (AvgIpc) is 2.78. The summed E-state index contributed by atoms with van der Waals surface area (Å²) in [5.41, 5.74) is 1.14. The average molecular weight is 408 g/mol. The van der Waals surface area contributed by atoms with Crippen LogP contribution < -0.4 is 5.32 Å². The van der Waals surface area contributed by atoms with Crippen molar-refractivity contribution in [3.63, 3.8) is 0 Å². The van der Waals surface area contributed by atoms with Crippen LogP contribution in [0.5, 0.6) is 0 Å². The molecule has 5 nitrogen and oxygen atoms in total. The predicted octanol–water partition coefficient (Wildman–Crippen LogP) is 4.55. The molecule has 2 aromatic carbocycles. The van der Waals surface area contributed by atoms with E-state index < -0.39 is 0 Å². The molecule has 1 aliphatic carbocycles. The highest BCUT2D eigenvalue weighted by atomic mass is 16.2. The Labute approximate surface area is 179 Å². The van der Waals surface area contributed by atoms with E-state index in [1.54, 1.807) is 4.90 Å². The Hall–Kier alpha value is -2.56. The second kappa shape index (κ2) is 9.50.